The second-order valence-electron chi connectivity index (χ2n) is 17.5. The van der Waals surface area contributed by atoms with Gasteiger partial charge in [0.1, 0.15) is 24.4 Å². The molecule has 4 saturated carbocycles. The smallest absolute Gasteiger partial charge is 0.341 e. The topological polar surface area (TPSA) is 209 Å². The number of methoxy groups -OCH3 is 3. The largest absolute Gasteiger partial charge is 0.467 e. The molecular weight excluding hydrogens is 736 g/mol. The molecule has 5 rings (SSSR count). The SMILES string of the molecule is COC[C@H]1[C@]2(C)CC[C@@H]3[C@](C)([C@H](OC(C)=O)[C@H](OC(C)=O)[C@@]4(C)[C@]5(C(=O)OC)OC5[C@@H](C)C[C@@]34O)[C@H]2[C@H](OC(C)=O)[C@H](OC(C)=O)[C@]1(COC)C(C)OC(C)=O. The van der Waals surface area contributed by atoms with E-state index in [2.05, 4.69) is 0 Å². The maximum atomic E-state index is 14.0. The first kappa shape index (κ1) is 43.8. The van der Waals surface area contributed by atoms with Crippen molar-refractivity contribution in [2.75, 3.05) is 34.5 Å². The van der Waals surface area contributed by atoms with Gasteiger partial charge in [-0.05, 0) is 50.4 Å². The summed E-state index contributed by atoms with van der Waals surface area (Å²) in [7, 11) is 4.17. The maximum Gasteiger partial charge on any atom is 0.341 e. The van der Waals surface area contributed by atoms with E-state index < -0.39 is 129 Å². The van der Waals surface area contributed by atoms with Crippen molar-refractivity contribution in [2.45, 2.75) is 136 Å². The summed E-state index contributed by atoms with van der Waals surface area (Å²) in [4.78, 5) is 79.9. The Hall–Kier alpha value is -3.34. The lowest BCUT2D eigenvalue weighted by atomic mass is 9.31. The van der Waals surface area contributed by atoms with Crippen LogP contribution in [0.3, 0.4) is 0 Å². The van der Waals surface area contributed by atoms with Crippen LogP contribution in [0.1, 0.15) is 88.5 Å². The van der Waals surface area contributed by atoms with E-state index in [0.29, 0.717) is 6.42 Å². The minimum atomic E-state index is -1.87. The molecule has 0 spiro atoms. The van der Waals surface area contributed by atoms with Gasteiger partial charge in [-0.2, -0.15) is 0 Å². The Labute approximate surface area is 328 Å². The number of carbonyl (C=O) groups excluding carboxylic acids is 6. The zero-order valence-corrected chi connectivity index (χ0v) is 34.9. The fraction of sp³-hybridized carbons (Fsp3) is 0.850. The van der Waals surface area contributed by atoms with Crippen LogP contribution in [0.2, 0.25) is 0 Å². The third-order valence-corrected chi connectivity index (χ3v) is 14.7. The third-order valence-electron chi connectivity index (χ3n) is 14.7. The van der Waals surface area contributed by atoms with E-state index >= 15 is 0 Å². The Balaban J connectivity index is 1.93. The molecular formula is C40H60O16. The number of ether oxygens (including phenoxy) is 9. The Morgan fingerprint density at radius 3 is 1.84 bits per heavy atom. The van der Waals surface area contributed by atoms with Crippen LogP contribution in [0.15, 0.2) is 0 Å². The lowest BCUT2D eigenvalue weighted by Gasteiger charge is -2.75. The number of esters is 6. The summed E-state index contributed by atoms with van der Waals surface area (Å²) in [6.07, 6.45) is -6.73. The molecule has 4 aliphatic carbocycles. The van der Waals surface area contributed by atoms with E-state index in [1.54, 1.807) is 20.8 Å². The van der Waals surface area contributed by atoms with Gasteiger partial charge in [-0.25, -0.2) is 4.79 Å². The number of hydrogen-bond donors (Lipinski definition) is 1. The summed E-state index contributed by atoms with van der Waals surface area (Å²) < 4.78 is 54.5. The average Bonchev–Trinajstić information content (AvgIpc) is 3.85. The van der Waals surface area contributed by atoms with Gasteiger partial charge in [-0.15, -0.1) is 0 Å². The molecule has 0 bridgehead atoms. The summed E-state index contributed by atoms with van der Waals surface area (Å²) >= 11 is 0. The predicted molar refractivity (Wildman–Crippen MR) is 192 cm³/mol. The molecule has 0 aromatic carbocycles. The lowest BCUT2D eigenvalue weighted by Crippen LogP contribution is -2.84. The monoisotopic (exact) mass is 796 g/mol. The molecule has 56 heavy (non-hydrogen) atoms. The predicted octanol–water partition coefficient (Wildman–Crippen LogP) is 2.71. The van der Waals surface area contributed by atoms with E-state index in [0.717, 1.165) is 0 Å². The van der Waals surface area contributed by atoms with Gasteiger partial charge >= 0.3 is 35.8 Å². The van der Waals surface area contributed by atoms with Crippen molar-refractivity contribution in [3.05, 3.63) is 0 Å². The first-order chi connectivity index (χ1) is 26.0. The van der Waals surface area contributed by atoms with Crippen molar-refractivity contribution >= 4 is 35.8 Å². The molecule has 5 aliphatic rings. The van der Waals surface area contributed by atoms with Crippen LogP contribution in [0.5, 0.6) is 0 Å². The molecule has 16 atom stereocenters. The third kappa shape index (κ3) is 5.89. The van der Waals surface area contributed by atoms with E-state index in [9.17, 15) is 33.9 Å². The highest BCUT2D eigenvalue weighted by Crippen LogP contribution is 2.78. The van der Waals surface area contributed by atoms with Crippen molar-refractivity contribution in [3.8, 4) is 0 Å². The molecule has 0 radical (unpaired) electrons. The average molecular weight is 797 g/mol. The molecule has 16 nitrogen and oxygen atoms in total. The molecule has 5 fully saturated rings. The molecule has 2 unspecified atom stereocenters. The van der Waals surface area contributed by atoms with Crippen molar-refractivity contribution < 1.29 is 76.5 Å². The number of aliphatic hydroxyl groups is 1. The van der Waals surface area contributed by atoms with E-state index in [-0.39, 0.29) is 26.1 Å². The van der Waals surface area contributed by atoms with Crippen molar-refractivity contribution in [2.24, 2.45) is 45.3 Å². The van der Waals surface area contributed by atoms with Gasteiger partial charge in [-0.1, -0.05) is 20.8 Å². The molecule has 1 aliphatic heterocycles. The van der Waals surface area contributed by atoms with Crippen LogP contribution in [0.25, 0.3) is 0 Å². The maximum absolute atomic E-state index is 14.0. The van der Waals surface area contributed by atoms with Crippen LogP contribution in [-0.4, -0.2) is 123 Å². The number of fused-ring (bicyclic) bond motifs is 7. The molecule has 0 aromatic heterocycles. The minimum absolute atomic E-state index is 0.0128. The minimum Gasteiger partial charge on any atom is -0.467 e. The first-order valence-corrected chi connectivity index (χ1v) is 19.3. The van der Waals surface area contributed by atoms with Crippen molar-refractivity contribution in [3.63, 3.8) is 0 Å². The fourth-order valence-electron chi connectivity index (χ4n) is 13.1. The quantitative estimate of drug-likeness (QED) is 0.181. The van der Waals surface area contributed by atoms with Crippen LogP contribution >= 0.6 is 0 Å². The van der Waals surface area contributed by atoms with Gasteiger partial charge in [0, 0.05) is 66.1 Å². The standard InChI is InChI=1S/C40H60O16/c1-19-16-39(47)26-14-15-35(8)27(17-48-11)38(18-49-12,20(2)51-21(3)41)31(53-23(5)43)28(52-22(4)42)29(35)36(26,9)32(54-24(6)44)33(55-25(7)45)37(39,10)40(30(19)56-40)34(46)50-13/h19-20,26-33,47H,14-18H2,1-13H3/t19-,20?,26+,27-,28-,29-,30?,31-,32+,33-,35-,36-,37+,38+,39+,40-/m0/s1. The summed E-state index contributed by atoms with van der Waals surface area (Å²) in [5.74, 6) is -7.29. The second kappa shape index (κ2) is 14.8. The van der Waals surface area contributed by atoms with Crippen LogP contribution in [0.4, 0.5) is 0 Å². The van der Waals surface area contributed by atoms with Crippen molar-refractivity contribution in [1.29, 1.82) is 0 Å². The van der Waals surface area contributed by atoms with Crippen LogP contribution in [-0.2, 0) is 71.4 Å². The van der Waals surface area contributed by atoms with Gasteiger partial charge in [0.05, 0.1) is 36.8 Å². The molecule has 316 valence electrons. The Kier molecular flexibility index (Phi) is 11.6. The summed E-state index contributed by atoms with van der Waals surface area (Å²) in [5.41, 5.74) is -9.34. The highest BCUT2D eigenvalue weighted by Gasteiger charge is 2.91. The summed E-state index contributed by atoms with van der Waals surface area (Å²) in [6, 6.07) is 0. The number of hydrogen-bond acceptors (Lipinski definition) is 16. The molecule has 0 aromatic rings. The molecule has 0 amide bonds. The van der Waals surface area contributed by atoms with Gasteiger partial charge in [0.2, 0.25) is 5.60 Å². The first-order valence-electron chi connectivity index (χ1n) is 19.3. The normalized spacial score (nSPS) is 45.2. The molecule has 16 heteroatoms. The van der Waals surface area contributed by atoms with Crippen LogP contribution < -0.4 is 0 Å². The molecule has 1 heterocycles. The van der Waals surface area contributed by atoms with Gasteiger partial charge < -0.3 is 47.7 Å². The van der Waals surface area contributed by atoms with Gasteiger partial charge in [-0.3, -0.25) is 24.0 Å². The fourth-order valence-corrected chi connectivity index (χ4v) is 13.1. The Morgan fingerprint density at radius 1 is 0.786 bits per heavy atom. The van der Waals surface area contributed by atoms with E-state index in [1.165, 1.54) is 55.9 Å². The Bertz CT molecular complexity index is 1620. The molecule has 1 N–H and O–H groups in total. The second-order valence-corrected chi connectivity index (χ2v) is 17.5. The summed E-state index contributed by atoms with van der Waals surface area (Å²) in [6.45, 7) is 14.8. The Morgan fingerprint density at radius 2 is 1.34 bits per heavy atom. The highest BCUT2D eigenvalue weighted by molar-refractivity contribution is 5.86. The number of rotatable bonds is 11. The lowest BCUT2D eigenvalue weighted by molar-refractivity contribution is -0.366. The zero-order chi connectivity index (χ0) is 42.1. The summed E-state index contributed by atoms with van der Waals surface area (Å²) in [5, 5.41) is 13.7. The molecule has 1 saturated heterocycles. The zero-order valence-electron chi connectivity index (χ0n) is 34.9. The van der Waals surface area contributed by atoms with Gasteiger partial charge in [0.25, 0.3) is 0 Å². The highest BCUT2D eigenvalue weighted by atomic mass is 16.7. The van der Waals surface area contributed by atoms with E-state index in [1.807, 2.05) is 13.8 Å². The number of carbonyl (C=O) groups is 6. The van der Waals surface area contributed by atoms with Crippen molar-refractivity contribution in [1.82, 2.24) is 0 Å². The number of epoxide rings is 1. The van der Waals surface area contributed by atoms with E-state index in [4.69, 9.17) is 42.6 Å². The van der Waals surface area contributed by atoms with Crippen LogP contribution in [0, 0.1) is 45.3 Å². The van der Waals surface area contributed by atoms with Gasteiger partial charge in [0.15, 0.2) is 12.2 Å².